The Bertz CT molecular complexity index is 1440. The summed E-state index contributed by atoms with van der Waals surface area (Å²) < 4.78 is 35.6. The molecule has 1 unspecified atom stereocenters. The lowest BCUT2D eigenvalue weighted by Crippen LogP contribution is -2.37. The lowest BCUT2D eigenvalue weighted by molar-refractivity contribution is -0.119. The molecule has 0 radical (unpaired) electrons. The minimum absolute atomic E-state index is 0.0389. The van der Waals surface area contributed by atoms with Crippen molar-refractivity contribution in [3.05, 3.63) is 41.5 Å². The number of amides is 1. The molecule has 8 nitrogen and oxygen atoms in total. The molecule has 2 atom stereocenters. The second-order valence-corrected chi connectivity index (χ2v) is 12.0. The van der Waals surface area contributed by atoms with Gasteiger partial charge in [-0.3, -0.25) is 9.36 Å². The van der Waals surface area contributed by atoms with E-state index in [1.807, 2.05) is 25.1 Å². The molecule has 2 spiro atoms. The van der Waals surface area contributed by atoms with E-state index in [1.54, 1.807) is 13.0 Å². The molecule has 2 aromatic heterocycles. The number of nitrogens with one attached hydrogen (secondary N) is 1. The van der Waals surface area contributed by atoms with Gasteiger partial charge < -0.3 is 15.0 Å². The van der Waals surface area contributed by atoms with Crippen molar-refractivity contribution in [3.63, 3.8) is 0 Å². The predicted molar refractivity (Wildman–Crippen MR) is 142 cm³/mol. The number of ether oxygens (including phenoxy) is 1. The Morgan fingerprint density at radius 3 is 2.56 bits per heavy atom. The van der Waals surface area contributed by atoms with Crippen molar-refractivity contribution in [2.24, 2.45) is 10.8 Å². The van der Waals surface area contributed by atoms with E-state index in [9.17, 15) is 13.6 Å². The van der Waals surface area contributed by atoms with Gasteiger partial charge in [0.25, 0.3) is 6.43 Å². The zero-order chi connectivity index (χ0) is 26.9. The van der Waals surface area contributed by atoms with Crippen molar-refractivity contribution in [3.8, 4) is 5.82 Å². The maximum atomic E-state index is 14.3. The molecule has 1 aliphatic heterocycles. The summed E-state index contributed by atoms with van der Waals surface area (Å²) in [6.45, 7) is 6.15. The van der Waals surface area contributed by atoms with Crippen LogP contribution in [0, 0.1) is 17.8 Å². The fourth-order valence-electron chi connectivity index (χ4n) is 7.52. The highest BCUT2D eigenvalue weighted by atomic mass is 19.3. The molecule has 1 aromatic carbocycles. The average Bonchev–Trinajstić information content (AvgIpc) is 3.75. The Morgan fingerprint density at radius 1 is 1.10 bits per heavy atom. The van der Waals surface area contributed by atoms with Gasteiger partial charge in [-0.2, -0.15) is 0 Å². The van der Waals surface area contributed by atoms with Crippen molar-refractivity contribution < 1.29 is 18.3 Å². The first-order valence-corrected chi connectivity index (χ1v) is 14.0. The van der Waals surface area contributed by atoms with Gasteiger partial charge in [0, 0.05) is 38.0 Å². The third kappa shape index (κ3) is 4.10. The molecule has 206 valence electrons. The molecule has 3 aromatic rings. The quantitative estimate of drug-likeness (QED) is 0.502. The number of aromatic nitrogens is 4. The van der Waals surface area contributed by atoms with E-state index in [0.717, 1.165) is 55.7 Å². The van der Waals surface area contributed by atoms with Crippen LogP contribution in [0.5, 0.6) is 0 Å². The van der Waals surface area contributed by atoms with Gasteiger partial charge in [0.15, 0.2) is 5.82 Å². The molecule has 3 saturated carbocycles. The molecular weight excluding hydrogens is 502 g/mol. The zero-order valence-corrected chi connectivity index (χ0v) is 22.4. The van der Waals surface area contributed by atoms with Gasteiger partial charge in [0.1, 0.15) is 17.5 Å². The van der Waals surface area contributed by atoms with Crippen LogP contribution in [0.25, 0.3) is 16.9 Å². The Morgan fingerprint density at radius 2 is 1.85 bits per heavy atom. The highest BCUT2D eigenvalue weighted by Gasteiger charge is 2.79. The first-order valence-electron chi connectivity index (χ1n) is 14.0. The number of fused-ring (bicyclic) bond motifs is 2. The third-order valence-electron chi connectivity index (χ3n) is 9.63. The lowest BCUT2D eigenvalue weighted by atomic mass is 9.80. The van der Waals surface area contributed by atoms with Crippen LogP contribution in [0.3, 0.4) is 0 Å². The largest absolute Gasteiger partial charge is 0.378 e. The number of benzene rings is 1. The summed E-state index contributed by atoms with van der Waals surface area (Å²) in [5.74, 6) is 1.94. The predicted octanol–water partition coefficient (Wildman–Crippen LogP) is 4.84. The molecule has 3 aliphatic carbocycles. The van der Waals surface area contributed by atoms with Crippen LogP contribution in [-0.2, 0) is 9.53 Å². The molecule has 1 N–H and O–H groups in total. The first-order chi connectivity index (χ1) is 18.8. The Kier molecular flexibility index (Phi) is 5.70. The number of rotatable bonds is 5. The Labute approximate surface area is 226 Å². The van der Waals surface area contributed by atoms with Crippen molar-refractivity contribution >= 4 is 22.8 Å². The SMILES string of the molecule is CC(=O)NC1CCC2(CC1)C[C@]21CC1c1nc(N2CCOCC2)cc(-n2c(C(F)F)nc3ccc(C)cc32)n1. The van der Waals surface area contributed by atoms with Crippen LogP contribution in [0.2, 0.25) is 0 Å². The van der Waals surface area contributed by atoms with Crippen molar-refractivity contribution in [1.29, 1.82) is 0 Å². The molecule has 10 heteroatoms. The number of anilines is 1. The van der Waals surface area contributed by atoms with Gasteiger partial charge in [-0.15, -0.1) is 0 Å². The van der Waals surface area contributed by atoms with Gasteiger partial charge in [-0.05, 0) is 74.0 Å². The molecule has 4 aliphatic rings. The van der Waals surface area contributed by atoms with Gasteiger partial charge in [0.05, 0.1) is 24.2 Å². The number of aryl methyl sites for hydroxylation is 1. The molecule has 1 amide bonds. The van der Waals surface area contributed by atoms with Gasteiger partial charge >= 0.3 is 0 Å². The maximum Gasteiger partial charge on any atom is 0.296 e. The van der Waals surface area contributed by atoms with Gasteiger partial charge in [-0.25, -0.2) is 23.7 Å². The second-order valence-electron chi connectivity index (χ2n) is 12.0. The van der Waals surface area contributed by atoms with E-state index < -0.39 is 6.43 Å². The summed E-state index contributed by atoms with van der Waals surface area (Å²) in [6, 6.07) is 7.67. The maximum absolute atomic E-state index is 14.3. The Hall–Kier alpha value is -3.14. The standard InChI is InChI=1S/C29H34F2N6O2/c1-17-3-4-21-22(13-17)37(27(33-21)25(30)31)24-14-23(36-9-11-39-12-10-36)34-26(35-24)20-15-29(20)16-28(29)7-5-19(6-8-28)32-18(2)38/h3-4,13-14,19-20,25H,5-12,15-16H2,1-2H3,(H,32,38)/t19?,20?,28?,29-/m0/s1. The van der Waals surface area contributed by atoms with Gasteiger partial charge in [0.2, 0.25) is 5.91 Å². The topological polar surface area (TPSA) is 85.2 Å². The molecule has 39 heavy (non-hydrogen) atoms. The summed E-state index contributed by atoms with van der Waals surface area (Å²) in [6.07, 6.45) is 3.68. The second kappa shape index (κ2) is 8.94. The van der Waals surface area contributed by atoms with E-state index in [1.165, 1.54) is 4.57 Å². The molecule has 3 heterocycles. The normalized spacial score (nSPS) is 29.9. The van der Waals surface area contributed by atoms with Crippen LogP contribution >= 0.6 is 0 Å². The van der Waals surface area contributed by atoms with Crippen molar-refractivity contribution in [2.75, 3.05) is 31.2 Å². The highest BCUT2D eigenvalue weighted by molar-refractivity contribution is 5.79. The van der Waals surface area contributed by atoms with Gasteiger partial charge in [-0.1, -0.05) is 6.07 Å². The summed E-state index contributed by atoms with van der Waals surface area (Å²) in [5.41, 5.74) is 2.63. The number of carbonyl (C=O) groups is 1. The van der Waals surface area contributed by atoms with Crippen molar-refractivity contribution in [2.45, 2.75) is 70.8 Å². The van der Waals surface area contributed by atoms with Crippen molar-refractivity contribution in [1.82, 2.24) is 24.8 Å². The minimum Gasteiger partial charge on any atom is -0.378 e. The zero-order valence-electron chi connectivity index (χ0n) is 22.4. The number of imidazole rings is 1. The van der Waals surface area contributed by atoms with E-state index in [-0.39, 0.29) is 34.5 Å². The fraction of sp³-hybridized carbons (Fsp3) is 0.586. The summed E-state index contributed by atoms with van der Waals surface area (Å²) in [7, 11) is 0. The first kappa shape index (κ1) is 24.9. The molecule has 0 bridgehead atoms. The average molecular weight is 537 g/mol. The highest BCUT2D eigenvalue weighted by Crippen LogP contribution is 2.87. The van der Waals surface area contributed by atoms with E-state index in [4.69, 9.17) is 14.7 Å². The number of nitrogens with zero attached hydrogens (tertiary/aromatic N) is 5. The van der Waals surface area contributed by atoms with Crippen LogP contribution in [0.15, 0.2) is 24.3 Å². The van der Waals surface area contributed by atoms with E-state index in [0.29, 0.717) is 43.2 Å². The molecule has 7 rings (SSSR count). The fourth-order valence-corrected chi connectivity index (χ4v) is 7.52. The van der Waals surface area contributed by atoms with Crippen LogP contribution in [0.4, 0.5) is 14.6 Å². The monoisotopic (exact) mass is 536 g/mol. The van der Waals surface area contributed by atoms with E-state index >= 15 is 0 Å². The summed E-state index contributed by atoms with van der Waals surface area (Å²) >= 11 is 0. The molecule has 1 saturated heterocycles. The number of alkyl halides is 2. The number of hydrogen-bond donors (Lipinski definition) is 1. The van der Waals surface area contributed by atoms with Crippen LogP contribution in [-0.4, -0.2) is 57.8 Å². The van der Waals surface area contributed by atoms with E-state index in [2.05, 4.69) is 15.2 Å². The minimum atomic E-state index is -2.74. The molecule has 4 fully saturated rings. The lowest BCUT2D eigenvalue weighted by Gasteiger charge is -2.30. The number of hydrogen-bond acceptors (Lipinski definition) is 6. The smallest absolute Gasteiger partial charge is 0.296 e. The Balaban J connectivity index is 1.26. The third-order valence-corrected chi connectivity index (χ3v) is 9.63. The number of halogens is 2. The number of morpholine rings is 1. The van der Waals surface area contributed by atoms with Crippen LogP contribution < -0.4 is 10.2 Å². The number of carbonyl (C=O) groups excluding carboxylic acids is 1. The molecular formula is C29H34F2N6O2. The van der Waals surface area contributed by atoms with Crippen LogP contribution in [0.1, 0.15) is 75.0 Å². The summed E-state index contributed by atoms with van der Waals surface area (Å²) in [4.78, 5) is 28.0. The summed E-state index contributed by atoms with van der Waals surface area (Å²) in [5, 5.41) is 3.09.